The van der Waals surface area contributed by atoms with Crippen molar-refractivity contribution in [1.29, 1.82) is 0 Å². The van der Waals surface area contributed by atoms with E-state index in [1.54, 1.807) is 6.08 Å². The minimum atomic E-state index is 0.00693. The van der Waals surface area contributed by atoms with Gasteiger partial charge in [-0.1, -0.05) is 53.4 Å². The lowest BCUT2D eigenvalue weighted by Crippen LogP contribution is -2.45. The molecule has 0 aromatic heterocycles. The van der Waals surface area contributed by atoms with Crippen LogP contribution in [-0.4, -0.2) is 36.5 Å². The maximum atomic E-state index is 12.4. The van der Waals surface area contributed by atoms with Gasteiger partial charge in [-0.2, -0.15) is 0 Å². The van der Waals surface area contributed by atoms with E-state index in [0.717, 1.165) is 42.5 Å². The molecule has 1 aliphatic rings. The smallest absolute Gasteiger partial charge is 0.251 e. The number of benzene rings is 1. The molecule has 0 unspecified atom stereocenters. The molecule has 0 aliphatic carbocycles. The third-order valence-electron chi connectivity index (χ3n) is 4.36. The molecule has 128 valence electrons. The molecule has 1 saturated heterocycles. The summed E-state index contributed by atoms with van der Waals surface area (Å²) < 4.78 is 0.968. The van der Waals surface area contributed by atoms with Crippen molar-refractivity contribution in [2.75, 3.05) is 19.6 Å². The summed E-state index contributed by atoms with van der Waals surface area (Å²) in [4.78, 5) is 14.8. The average Bonchev–Trinajstić information content (AvgIpc) is 2.58. The Labute approximate surface area is 153 Å². The standard InChI is InChI=1S/C20H25BrN2O/c1-4-6-16(5-2)14-23-11-9-18(10-12-23)22-20(24)17-8-7-15(3)19(21)13-17/h4-8,13,18H,1-2,9-12,14H2,3H3,(H,22,24)/b16-6+. The molecule has 1 aromatic carbocycles. The Bertz CT molecular complexity index is 643. The van der Waals surface area contributed by atoms with Crippen molar-refractivity contribution in [1.82, 2.24) is 10.2 Å². The molecule has 24 heavy (non-hydrogen) atoms. The Morgan fingerprint density at radius 3 is 2.67 bits per heavy atom. The Kier molecular flexibility index (Phi) is 7.00. The third kappa shape index (κ3) is 5.18. The van der Waals surface area contributed by atoms with Gasteiger partial charge in [-0.3, -0.25) is 9.69 Å². The van der Waals surface area contributed by atoms with Crippen LogP contribution in [0, 0.1) is 6.92 Å². The normalized spacial score (nSPS) is 16.7. The molecular formula is C20H25BrN2O. The number of carbonyl (C=O) groups excluding carboxylic acids is 1. The van der Waals surface area contributed by atoms with E-state index in [1.165, 1.54) is 5.57 Å². The number of nitrogens with zero attached hydrogens (tertiary/aromatic N) is 1. The average molecular weight is 389 g/mol. The Hall–Kier alpha value is -1.65. The second-order valence-corrected chi connectivity index (χ2v) is 7.02. The van der Waals surface area contributed by atoms with Gasteiger partial charge in [0, 0.05) is 35.7 Å². The second-order valence-electron chi connectivity index (χ2n) is 6.17. The number of piperidine rings is 1. The number of nitrogens with one attached hydrogen (secondary N) is 1. The highest BCUT2D eigenvalue weighted by molar-refractivity contribution is 9.10. The maximum absolute atomic E-state index is 12.4. The van der Waals surface area contributed by atoms with E-state index in [1.807, 2.05) is 37.3 Å². The number of hydrogen-bond donors (Lipinski definition) is 1. The molecule has 0 spiro atoms. The molecule has 1 aromatic rings. The summed E-state index contributed by atoms with van der Waals surface area (Å²) in [5.41, 5.74) is 3.01. The van der Waals surface area contributed by atoms with Gasteiger partial charge >= 0.3 is 0 Å². The van der Waals surface area contributed by atoms with Gasteiger partial charge in [0.15, 0.2) is 0 Å². The predicted octanol–water partition coefficient (Wildman–Crippen LogP) is 4.25. The van der Waals surface area contributed by atoms with E-state index in [4.69, 9.17) is 0 Å². The number of halogens is 1. The van der Waals surface area contributed by atoms with Crippen molar-refractivity contribution in [2.24, 2.45) is 0 Å². The molecule has 3 nitrogen and oxygen atoms in total. The van der Waals surface area contributed by atoms with Gasteiger partial charge in [0.25, 0.3) is 5.91 Å². The van der Waals surface area contributed by atoms with Gasteiger partial charge in [0.2, 0.25) is 0 Å². The number of rotatable bonds is 6. The van der Waals surface area contributed by atoms with E-state index in [9.17, 15) is 4.79 Å². The van der Waals surface area contributed by atoms with E-state index < -0.39 is 0 Å². The lowest BCUT2D eigenvalue weighted by Gasteiger charge is -2.32. The van der Waals surface area contributed by atoms with Crippen molar-refractivity contribution in [3.63, 3.8) is 0 Å². The Balaban J connectivity index is 1.85. The molecule has 1 amide bonds. The lowest BCUT2D eigenvalue weighted by molar-refractivity contribution is 0.0913. The van der Waals surface area contributed by atoms with Gasteiger partial charge in [-0.25, -0.2) is 0 Å². The van der Waals surface area contributed by atoms with Gasteiger partial charge in [0.1, 0.15) is 0 Å². The monoisotopic (exact) mass is 388 g/mol. The van der Waals surface area contributed by atoms with E-state index >= 15 is 0 Å². The lowest BCUT2D eigenvalue weighted by atomic mass is 10.0. The molecule has 1 fully saturated rings. The predicted molar refractivity (Wildman–Crippen MR) is 104 cm³/mol. The van der Waals surface area contributed by atoms with Crippen LogP contribution in [-0.2, 0) is 0 Å². The van der Waals surface area contributed by atoms with E-state index in [0.29, 0.717) is 5.56 Å². The van der Waals surface area contributed by atoms with Crippen LogP contribution in [0.1, 0.15) is 28.8 Å². The topological polar surface area (TPSA) is 32.3 Å². The minimum Gasteiger partial charge on any atom is -0.349 e. The summed E-state index contributed by atoms with van der Waals surface area (Å²) in [5.74, 6) is 0.00693. The molecule has 2 rings (SSSR count). The van der Waals surface area contributed by atoms with Crippen LogP contribution in [0.5, 0.6) is 0 Å². The third-order valence-corrected chi connectivity index (χ3v) is 5.21. The number of allylic oxidation sites excluding steroid dienone is 2. The fourth-order valence-electron chi connectivity index (χ4n) is 2.83. The van der Waals surface area contributed by atoms with Gasteiger partial charge in [-0.05, 0) is 43.0 Å². The Morgan fingerprint density at radius 1 is 1.38 bits per heavy atom. The van der Waals surface area contributed by atoms with Crippen LogP contribution in [0.2, 0.25) is 0 Å². The molecule has 4 heteroatoms. The van der Waals surface area contributed by atoms with Crippen LogP contribution < -0.4 is 5.32 Å². The van der Waals surface area contributed by atoms with Crippen LogP contribution in [0.3, 0.4) is 0 Å². The zero-order valence-electron chi connectivity index (χ0n) is 14.2. The van der Waals surface area contributed by atoms with Crippen LogP contribution in [0.25, 0.3) is 0 Å². The SMILES string of the molecule is C=C/C=C(\C=C)CN1CCC(NC(=O)c2ccc(C)c(Br)c2)CC1. The van der Waals surface area contributed by atoms with Gasteiger partial charge < -0.3 is 5.32 Å². The van der Waals surface area contributed by atoms with E-state index in [2.05, 4.69) is 39.3 Å². The fraction of sp³-hybridized carbons (Fsp3) is 0.350. The molecule has 1 N–H and O–H groups in total. The highest BCUT2D eigenvalue weighted by atomic mass is 79.9. The maximum Gasteiger partial charge on any atom is 0.251 e. The first-order valence-electron chi connectivity index (χ1n) is 8.27. The Morgan fingerprint density at radius 2 is 2.08 bits per heavy atom. The number of amides is 1. The second kappa shape index (κ2) is 9.00. The number of aryl methyl sites for hydroxylation is 1. The molecule has 1 heterocycles. The summed E-state index contributed by atoms with van der Waals surface area (Å²) in [6, 6.07) is 5.96. The number of carbonyl (C=O) groups is 1. The number of hydrogen-bond acceptors (Lipinski definition) is 2. The van der Waals surface area contributed by atoms with Gasteiger partial charge in [0.05, 0.1) is 0 Å². The van der Waals surface area contributed by atoms with Crippen LogP contribution >= 0.6 is 15.9 Å². The first-order valence-corrected chi connectivity index (χ1v) is 9.06. The van der Waals surface area contributed by atoms with Crippen LogP contribution in [0.15, 0.2) is 59.6 Å². The molecule has 0 saturated carbocycles. The van der Waals surface area contributed by atoms with Crippen molar-refractivity contribution in [3.8, 4) is 0 Å². The molecule has 0 radical (unpaired) electrons. The molecule has 1 aliphatic heterocycles. The van der Waals surface area contributed by atoms with E-state index in [-0.39, 0.29) is 11.9 Å². The first-order chi connectivity index (χ1) is 11.5. The van der Waals surface area contributed by atoms with Crippen molar-refractivity contribution in [2.45, 2.75) is 25.8 Å². The quantitative estimate of drug-likeness (QED) is 0.738. The highest BCUT2D eigenvalue weighted by Crippen LogP contribution is 2.18. The molecule has 0 bridgehead atoms. The summed E-state index contributed by atoms with van der Waals surface area (Å²) >= 11 is 3.48. The largest absolute Gasteiger partial charge is 0.349 e. The summed E-state index contributed by atoms with van der Waals surface area (Å²) in [5, 5.41) is 3.16. The van der Waals surface area contributed by atoms with Crippen molar-refractivity contribution >= 4 is 21.8 Å². The fourth-order valence-corrected chi connectivity index (χ4v) is 3.21. The molecular weight excluding hydrogens is 364 g/mol. The summed E-state index contributed by atoms with van der Waals surface area (Å²) in [6.07, 6.45) is 7.61. The first kappa shape index (κ1) is 18.7. The highest BCUT2D eigenvalue weighted by Gasteiger charge is 2.21. The van der Waals surface area contributed by atoms with Gasteiger partial charge in [-0.15, -0.1) is 0 Å². The zero-order chi connectivity index (χ0) is 17.5. The summed E-state index contributed by atoms with van der Waals surface area (Å²) in [6.45, 7) is 12.4. The van der Waals surface area contributed by atoms with Crippen molar-refractivity contribution in [3.05, 3.63) is 70.8 Å². The molecule has 0 atom stereocenters. The summed E-state index contributed by atoms with van der Waals surface area (Å²) in [7, 11) is 0. The minimum absolute atomic E-state index is 0.00693. The zero-order valence-corrected chi connectivity index (χ0v) is 15.8. The van der Waals surface area contributed by atoms with Crippen LogP contribution in [0.4, 0.5) is 0 Å². The van der Waals surface area contributed by atoms with Crippen molar-refractivity contribution < 1.29 is 4.79 Å². The number of likely N-dealkylation sites (tertiary alicyclic amines) is 1.